The van der Waals surface area contributed by atoms with Crippen LogP contribution in [0.25, 0.3) is 0 Å². The number of nitrogens with zero attached hydrogens (tertiary/aromatic N) is 3. The van der Waals surface area contributed by atoms with Gasteiger partial charge in [-0.2, -0.15) is 23.3 Å². The maximum Gasteiger partial charge on any atom is 0.438 e. The molecule has 1 saturated carbocycles. The Bertz CT molecular complexity index is 598. The summed E-state index contributed by atoms with van der Waals surface area (Å²) in [6, 6.07) is 2.76. The second-order valence-corrected chi connectivity index (χ2v) is 5.22. The highest BCUT2D eigenvalue weighted by molar-refractivity contribution is 5.99. The molecule has 0 bridgehead atoms. The molecule has 112 valence electrons. The van der Waals surface area contributed by atoms with E-state index in [1.165, 1.54) is 18.3 Å². The van der Waals surface area contributed by atoms with Gasteiger partial charge >= 0.3 is 6.18 Å². The molecule has 2 heterocycles. The molecule has 2 aliphatic rings. The van der Waals surface area contributed by atoms with Gasteiger partial charge in [-0.25, -0.2) is 0 Å². The van der Waals surface area contributed by atoms with Gasteiger partial charge in [-0.15, -0.1) is 0 Å². The highest BCUT2D eigenvalue weighted by Gasteiger charge is 2.64. The van der Waals surface area contributed by atoms with Crippen LogP contribution in [0.15, 0.2) is 29.6 Å². The Hall–Kier alpha value is -1.96. The smallest absolute Gasteiger partial charge is 0.362 e. The number of hydrogen-bond acceptors (Lipinski definition) is 4. The average molecular weight is 299 g/mol. The maximum absolute atomic E-state index is 13.2. The maximum atomic E-state index is 13.2. The summed E-state index contributed by atoms with van der Waals surface area (Å²) in [5.41, 5.74) is -3.11. The number of amides is 1. The number of aliphatic hydroxyl groups is 1. The molecule has 5 nitrogen and oxygen atoms in total. The van der Waals surface area contributed by atoms with Crippen LogP contribution in [0.3, 0.4) is 0 Å². The predicted molar refractivity (Wildman–Crippen MR) is 66.2 cm³/mol. The third kappa shape index (κ3) is 2.29. The zero-order chi connectivity index (χ0) is 15.3. The molecular formula is C13H12F3N3O2. The largest absolute Gasteiger partial charge is 0.438 e. The van der Waals surface area contributed by atoms with E-state index in [-0.39, 0.29) is 22.2 Å². The fourth-order valence-electron chi connectivity index (χ4n) is 2.26. The number of hydrazone groups is 1. The molecule has 0 radical (unpaired) electrons. The summed E-state index contributed by atoms with van der Waals surface area (Å²) in [5, 5.41) is 13.9. The summed E-state index contributed by atoms with van der Waals surface area (Å²) >= 11 is 0. The van der Waals surface area contributed by atoms with E-state index in [0.717, 1.165) is 19.0 Å². The van der Waals surface area contributed by atoms with E-state index in [2.05, 4.69) is 10.1 Å². The molecule has 1 aromatic heterocycles. The van der Waals surface area contributed by atoms with Crippen molar-refractivity contribution in [1.82, 2.24) is 9.99 Å². The molecule has 21 heavy (non-hydrogen) atoms. The number of pyridine rings is 1. The van der Waals surface area contributed by atoms with Crippen molar-refractivity contribution in [2.45, 2.75) is 31.2 Å². The Morgan fingerprint density at radius 2 is 2.14 bits per heavy atom. The van der Waals surface area contributed by atoms with Crippen LogP contribution in [-0.4, -0.2) is 38.6 Å². The normalized spacial score (nSPS) is 25.9. The second-order valence-electron chi connectivity index (χ2n) is 5.22. The van der Waals surface area contributed by atoms with Gasteiger partial charge in [-0.1, -0.05) is 0 Å². The Morgan fingerprint density at radius 1 is 1.43 bits per heavy atom. The van der Waals surface area contributed by atoms with Gasteiger partial charge in [-0.05, 0) is 30.9 Å². The molecule has 1 aromatic rings. The Labute approximate surface area is 118 Å². The van der Waals surface area contributed by atoms with Gasteiger partial charge in [0.2, 0.25) is 0 Å². The van der Waals surface area contributed by atoms with Crippen LogP contribution in [0.4, 0.5) is 13.2 Å². The van der Waals surface area contributed by atoms with Crippen molar-refractivity contribution >= 4 is 11.6 Å². The lowest BCUT2D eigenvalue weighted by atomic mass is 10.0. The van der Waals surface area contributed by atoms with Crippen molar-refractivity contribution in [3.8, 4) is 0 Å². The topological polar surface area (TPSA) is 65.8 Å². The second kappa shape index (κ2) is 4.52. The zero-order valence-electron chi connectivity index (χ0n) is 10.8. The fourth-order valence-corrected chi connectivity index (χ4v) is 2.26. The molecule has 1 atom stereocenters. The van der Waals surface area contributed by atoms with Gasteiger partial charge in [0.15, 0.2) is 0 Å². The SMILES string of the molecule is O=C(c1cccnc1)N1N=C(C2CC2)C[C@@]1(O)C(F)(F)F. The highest BCUT2D eigenvalue weighted by Crippen LogP contribution is 2.45. The Balaban J connectivity index is 1.97. The van der Waals surface area contributed by atoms with Crippen LogP contribution < -0.4 is 0 Å². The molecule has 3 rings (SSSR count). The first kappa shape index (κ1) is 14.0. The van der Waals surface area contributed by atoms with Crippen molar-refractivity contribution < 1.29 is 23.1 Å². The average Bonchev–Trinajstić information content (AvgIpc) is 3.22. The predicted octanol–water partition coefficient (Wildman–Crippen LogP) is 1.94. The summed E-state index contributed by atoms with van der Waals surface area (Å²) in [4.78, 5) is 15.9. The van der Waals surface area contributed by atoms with Crippen LogP contribution in [0.2, 0.25) is 0 Å². The molecule has 0 unspecified atom stereocenters. The van der Waals surface area contributed by atoms with Gasteiger partial charge in [-0.3, -0.25) is 9.78 Å². The third-order valence-electron chi connectivity index (χ3n) is 3.61. The number of hydrogen-bond donors (Lipinski definition) is 1. The van der Waals surface area contributed by atoms with Gasteiger partial charge in [0.1, 0.15) is 0 Å². The lowest BCUT2D eigenvalue weighted by molar-refractivity contribution is -0.297. The molecule has 1 aliphatic carbocycles. The molecule has 1 N–H and O–H groups in total. The summed E-state index contributed by atoms with van der Waals surface area (Å²) in [7, 11) is 0. The monoisotopic (exact) mass is 299 g/mol. The van der Waals surface area contributed by atoms with Crippen molar-refractivity contribution in [2.24, 2.45) is 11.0 Å². The van der Waals surface area contributed by atoms with E-state index in [0.29, 0.717) is 0 Å². The molecule has 0 spiro atoms. The number of carbonyl (C=O) groups excluding carboxylic acids is 1. The van der Waals surface area contributed by atoms with Crippen LogP contribution in [0.1, 0.15) is 29.6 Å². The minimum Gasteiger partial charge on any atom is -0.362 e. The zero-order valence-corrected chi connectivity index (χ0v) is 10.8. The minimum absolute atomic E-state index is 0.0547. The molecule has 0 saturated heterocycles. The van der Waals surface area contributed by atoms with E-state index in [4.69, 9.17) is 0 Å². The van der Waals surface area contributed by atoms with Gasteiger partial charge in [0.25, 0.3) is 11.6 Å². The van der Waals surface area contributed by atoms with Crippen molar-refractivity contribution in [2.75, 3.05) is 0 Å². The number of carbonyl (C=O) groups is 1. The standard InChI is InChI=1S/C13H12F3N3O2/c14-13(15,16)12(21)6-10(8-3-4-8)18-19(12)11(20)9-2-1-5-17-7-9/h1-2,5,7-8,21H,3-4,6H2/t12-/m1/s1. The minimum atomic E-state index is -4.98. The lowest BCUT2D eigenvalue weighted by Gasteiger charge is -2.32. The molecule has 1 aliphatic heterocycles. The van der Waals surface area contributed by atoms with E-state index >= 15 is 0 Å². The van der Waals surface area contributed by atoms with Gasteiger partial charge < -0.3 is 5.11 Å². The Morgan fingerprint density at radius 3 is 2.67 bits per heavy atom. The molecule has 1 fully saturated rings. The van der Waals surface area contributed by atoms with Crippen molar-refractivity contribution in [3.63, 3.8) is 0 Å². The summed E-state index contributed by atoms with van der Waals surface area (Å²) < 4.78 is 39.6. The van der Waals surface area contributed by atoms with Crippen LogP contribution >= 0.6 is 0 Å². The molecule has 8 heteroatoms. The lowest BCUT2D eigenvalue weighted by Crippen LogP contribution is -2.56. The van der Waals surface area contributed by atoms with Crippen LogP contribution in [-0.2, 0) is 0 Å². The number of halogens is 3. The van der Waals surface area contributed by atoms with Crippen LogP contribution in [0.5, 0.6) is 0 Å². The summed E-state index contributed by atoms with van der Waals surface area (Å²) in [6.07, 6.45) is -1.65. The number of alkyl halides is 3. The molecule has 1 amide bonds. The fraction of sp³-hybridized carbons (Fsp3) is 0.462. The first-order chi connectivity index (χ1) is 9.83. The van der Waals surface area contributed by atoms with E-state index < -0.39 is 24.2 Å². The van der Waals surface area contributed by atoms with E-state index in [9.17, 15) is 23.1 Å². The van der Waals surface area contributed by atoms with Gasteiger partial charge in [0, 0.05) is 24.5 Å². The summed E-state index contributed by atoms with van der Waals surface area (Å²) in [6.45, 7) is 0. The van der Waals surface area contributed by atoms with Crippen molar-refractivity contribution in [1.29, 1.82) is 0 Å². The number of aromatic nitrogens is 1. The molecular weight excluding hydrogens is 287 g/mol. The highest BCUT2D eigenvalue weighted by atomic mass is 19.4. The third-order valence-corrected chi connectivity index (χ3v) is 3.61. The first-order valence-corrected chi connectivity index (χ1v) is 6.44. The van der Waals surface area contributed by atoms with E-state index in [1.54, 1.807) is 0 Å². The van der Waals surface area contributed by atoms with Gasteiger partial charge in [0.05, 0.1) is 5.56 Å². The number of rotatable bonds is 2. The molecule has 0 aromatic carbocycles. The first-order valence-electron chi connectivity index (χ1n) is 6.44. The Kier molecular flexibility index (Phi) is 3.01. The summed E-state index contributed by atoms with van der Waals surface area (Å²) in [5.74, 6) is -1.08. The quantitative estimate of drug-likeness (QED) is 0.907. The van der Waals surface area contributed by atoms with Crippen molar-refractivity contribution in [3.05, 3.63) is 30.1 Å². The van der Waals surface area contributed by atoms with Crippen LogP contribution in [0, 0.1) is 5.92 Å². The van der Waals surface area contributed by atoms with E-state index in [1.807, 2.05) is 0 Å².